The molecule has 0 aliphatic carbocycles. The fraction of sp³-hybridized carbons (Fsp3) is 0.278. The van der Waals surface area contributed by atoms with Gasteiger partial charge in [-0.2, -0.15) is 5.26 Å². The van der Waals surface area contributed by atoms with Crippen LogP contribution in [0.4, 0.5) is 5.69 Å². The molecule has 2 N–H and O–H groups in total. The molecule has 1 aliphatic heterocycles. The van der Waals surface area contributed by atoms with E-state index in [2.05, 4.69) is 10.0 Å². The molecule has 0 radical (unpaired) electrons. The molecule has 0 aromatic heterocycles. The van der Waals surface area contributed by atoms with E-state index in [0.717, 1.165) is 5.56 Å². The molecule has 0 saturated heterocycles. The van der Waals surface area contributed by atoms with E-state index in [1.54, 1.807) is 37.4 Å². The first-order valence-electron chi connectivity index (χ1n) is 8.01. The minimum Gasteiger partial charge on any atom is -0.496 e. The van der Waals surface area contributed by atoms with E-state index in [1.807, 2.05) is 13.1 Å². The molecule has 7 nitrogen and oxygen atoms in total. The summed E-state index contributed by atoms with van der Waals surface area (Å²) in [6.07, 6.45) is 0.606. The third-order valence-corrected chi connectivity index (χ3v) is 5.65. The van der Waals surface area contributed by atoms with Gasteiger partial charge in [-0.3, -0.25) is 4.72 Å². The molecule has 0 saturated carbocycles. The van der Waals surface area contributed by atoms with Gasteiger partial charge in [-0.05, 0) is 49.9 Å². The number of hydrogen-bond acceptors (Lipinski definition) is 6. The highest BCUT2D eigenvalue weighted by atomic mass is 32.2. The second kappa shape index (κ2) is 7.23. The average molecular weight is 373 g/mol. The Morgan fingerprint density at radius 3 is 2.58 bits per heavy atom. The van der Waals surface area contributed by atoms with Gasteiger partial charge in [-0.15, -0.1) is 0 Å². The molecule has 2 aromatic carbocycles. The standard InChI is InChI=1S/C18H19N3O4S/c1-20-14-9-15-16(24-2)7-8-17(18(15)25-11-14)26(22,23)21-13-5-3-12(10-19)4-6-13/h3-8,14,20-21H,9,11H2,1-2H3/t14-/m1/s1. The van der Waals surface area contributed by atoms with Crippen LogP contribution >= 0.6 is 0 Å². The van der Waals surface area contributed by atoms with Gasteiger partial charge in [0.1, 0.15) is 23.0 Å². The van der Waals surface area contributed by atoms with E-state index in [0.29, 0.717) is 35.8 Å². The number of likely N-dealkylation sites (N-methyl/N-ethyl adjacent to an activating group) is 1. The first kappa shape index (κ1) is 18.0. The number of ether oxygens (including phenoxy) is 2. The van der Waals surface area contributed by atoms with Crippen molar-refractivity contribution in [2.24, 2.45) is 0 Å². The number of methoxy groups -OCH3 is 1. The van der Waals surface area contributed by atoms with Crippen LogP contribution in [-0.4, -0.2) is 35.2 Å². The van der Waals surface area contributed by atoms with Crippen LogP contribution in [0.5, 0.6) is 11.5 Å². The van der Waals surface area contributed by atoms with Crippen molar-refractivity contribution in [3.63, 3.8) is 0 Å². The van der Waals surface area contributed by atoms with Crippen LogP contribution in [-0.2, 0) is 16.4 Å². The van der Waals surface area contributed by atoms with Crippen molar-refractivity contribution in [3.8, 4) is 17.6 Å². The molecule has 1 heterocycles. The highest BCUT2D eigenvalue weighted by Crippen LogP contribution is 2.39. The minimum absolute atomic E-state index is 0.0622. The first-order chi connectivity index (χ1) is 12.5. The van der Waals surface area contributed by atoms with Crippen molar-refractivity contribution in [1.29, 1.82) is 5.26 Å². The summed E-state index contributed by atoms with van der Waals surface area (Å²) in [7, 11) is -0.482. The molecular formula is C18H19N3O4S. The van der Waals surface area contributed by atoms with Crippen LogP contribution in [0.1, 0.15) is 11.1 Å². The van der Waals surface area contributed by atoms with Gasteiger partial charge in [-0.1, -0.05) is 0 Å². The first-order valence-corrected chi connectivity index (χ1v) is 9.49. The second-order valence-corrected chi connectivity index (χ2v) is 7.52. The monoisotopic (exact) mass is 373 g/mol. The number of rotatable bonds is 5. The average Bonchev–Trinajstić information content (AvgIpc) is 2.66. The number of benzene rings is 2. The van der Waals surface area contributed by atoms with Crippen LogP contribution in [0, 0.1) is 11.3 Å². The zero-order valence-corrected chi connectivity index (χ0v) is 15.3. The summed E-state index contributed by atoms with van der Waals surface area (Å²) >= 11 is 0. The Kier molecular flexibility index (Phi) is 5.02. The molecule has 0 amide bonds. The SMILES string of the molecule is CN[C@H]1COc2c(S(=O)(=O)Nc3ccc(C#N)cc3)ccc(OC)c2C1. The van der Waals surface area contributed by atoms with Crippen LogP contribution in [0.2, 0.25) is 0 Å². The number of nitrogens with one attached hydrogen (secondary N) is 2. The maximum absolute atomic E-state index is 12.9. The number of fused-ring (bicyclic) bond motifs is 1. The number of anilines is 1. The van der Waals surface area contributed by atoms with E-state index < -0.39 is 10.0 Å². The summed E-state index contributed by atoms with van der Waals surface area (Å²) in [6, 6.07) is 11.4. The molecule has 26 heavy (non-hydrogen) atoms. The van der Waals surface area contributed by atoms with Crippen molar-refractivity contribution in [3.05, 3.63) is 47.5 Å². The fourth-order valence-corrected chi connectivity index (χ4v) is 4.07. The van der Waals surface area contributed by atoms with E-state index in [9.17, 15) is 8.42 Å². The van der Waals surface area contributed by atoms with Crippen LogP contribution in [0.25, 0.3) is 0 Å². The predicted octanol–water partition coefficient (Wildman–Crippen LogP) is 1.89. The van der Waals surface area contributed by atoms with Crippen molar-refractivity contribution in [1.82, 2.24) is 5.32 Å². The molecule has 8 heteroatoms. The van der Waals surface area contributed by atoms with Crippen molar-refractivity contribution in [2.45, 2.75) is 17.4 Å². The molecule has 3 rings (SSSR count). The molecule has 136 valence electrons. The molecule has 0 bridgehead atoms. The number of sulfonamides is 1. The van der Waals surface area contributed by atoms with Crippen molar-refractivity contribution < 1.29 is 17.9 Å². The van der Waals surface area contributed by atoms with Crippen LogP contribution in [0.15, 0.2) is 41.3 Å². The Hall–Kier alpha value is -2.76. The van der Waals surface area contributed by atoms with Gasteiger partial charge in [0.05, 0.1) is 18.7 Å². The third-order valence-electron chi connectivity index (χ3n) is 4.24. The summed E-state index contributed by atoms with van der Waals surface area (Å²) < 4.78 is 39.4. The molecule has 2 aromatic rings. The lowest BCUT2D eigenvalue weighted by Gasteiger charge is -2.28. The quantitative estimate of drug-likeness (QED) is 0.830. The fourth-order valence-electron chi connectivity index (χ4n) is 2.84. The van der Waals surface area contributed by atoms with Crippen molar-refractivity contribution >= 4 is 15.7 Å². The van der Waals surface area contributed by atoms with Gasteiger partial charge in [-0.25, -0.2) is 8.42 Å². The van der Waals surface area contributed by atoms with Gasteiger partial charge in [0.2, 0.25) is 0 Å². The van der Waals surface area contributed by atoms with Crippen molar-refractivity contribution in [2.75, 3.05) is 25.5 Å². The molecule has 1 aliphatic rings. The maximum Gasteiger partial charge on any atom is 0.265 e. The number of hydrogen-bond donors (Lipinski definition) is 2. The Morgan fingerprint density at radius 2 is 1.96 bits per heavy atom. The molecule has 1 atom stereocenters. The van der Waals surface area contributed by atoms with Crippen LogP contribution < -0.4 is 19.5 Å². The lowest BCUT2D eigenvalue weighted by molar-refractivity contribution is 0.235. The predicted molar refractivity (Wildman–Crippen MR) is 97.0 cm³/mol. The van der Waals surface area contributed by atoms with Gasteiger partial charge >= 0.3 is 0 Å². The van der Waals surface area contributed by atoms with Gasteiger partial charge in [0.15, 0.2) is 0 Å². The zero-order chi connectivity index (χ0) is 18.7. The number of nitrogens with zero attached hydrogens (tertiary/aromatic N) is 1. The molecule has 0 fully saturated rings. The molecule has 0 unspecified atom stereocenters. The maximum atomic E-state index is 12.9. The minimum atomic E-state index is -3.86. The molecular weight excluding hydrogens is 354 g/mol. The topological polar surface area (TPSA) is 100 Å². The second-order valence-electron chi connectivity index (χ2n) is 5.87. The normalized spacial score (nSPS) is 16.1. The highest BCUT2D eigenvalue weighted by Gasteiger charge is 2.30. The zero-order valence-electron chi connectivity index (χ0n) is 14.4. The summed E-state index contributed by atoms with van der Waals surface area (Å²) in [5.41, 5.74) is 1.55. The van der Waals surface area contributed by atoms with E-state index >= 15 is 0 Å². The third kappa shape index (κ3) is 3.45. The largest absolute Gasteiger partial charge is 0.496 e. The highest BCUT2D eigenvalue weighted by molar-refractivity contribution is 7.92. The van der Waals surface area contributed by atoms with Crippen LogP contribution in [0.3, 0.4) is 0 Å². The number of nitriles is 1. The summed E-state index contributed by atoms with van der Waals surface area (Å²) in [5.74, 6) is 0.911. The van der Waals surface area contributed by atoms with Gasteiger partial charge in [0, 0.05) is 17.3 Å². The summed E-state index contributed by atoms with van der Waals surface area (Å²) in [5, 5.41) is 12.0. The summed E-state index contributed by atoms with van der Waals surface area (Å²) in [4.78, 5) is 0.0622. The van der Waals surface area contributed by atoms with E-state index in [4.69, 9.17) is 14.7 Å². The van der Waals surface area contributed by atoms with Gasteiger partial charge < -0.3 is 14.8 Å². The Balaban J connectivity index is 1.98. The van der Waals surface area contributed by atoms with E-state index in [1.165, 1.54) is 6.07 Å². The summed E-state index contributed by atoms with van der Waals surface area (Å²) in [6.45, 7) is 0.371. The Bertz CT molecular complexity index is 950. The lowest BCUT2D eigenvalue weighted by Crippen LogP contribution is -2.37. The smallest absolute Gasteiger partial charge is 0.265 e. The van der Waals surface area contributed by atoms with E-state index in [-0.39, 0.29) is 10.9 Å². The lowest BCUT2D eigenvalue weighted by atomic mass is 10.0. The Morgan fingerprint density at radius 1 is 1.23 bits per heavy atom. The Labute approximate surface area is 152 Å². The molecule has 0 spiro atoms. The van der Waals surface area contributed by atoms with Gasteiger partial charge in [0.25, 0.3) is 10.0 Å².